The summed E-state index contributed by atoms with van der Waals surface area (Å²) in [5, 5.41) is 13.3. The van der Waals surface area contributed by atoms with E-state index in [1.54, 1.807) is 30.5 Å². The van der Waals surface area contributed by atoms with Gasteiger partial charge < -0.3 is 10.4 Å². The Morgan fingerprint density at radius 1 is 1.40 bits per heavy atom. The fourth-order valence-corrected chi connectivity index (χ4v) is 2.21. The second-order valence-corrected chi connectivity index (χ2v) is 6.96. The molecular formula is C14H20ClNO3S. The molecule has 1 rings (SSSR count). The molecule has 0 saturated heterocycles. The molecule has 0 radical (unpaired) electrons. The molecule has 20 heavy (non-hydrogen) atoms. The first kappa shape index (κ1) is 17.1. The van der Waals surface area contributed by atoms with Crippen LogP contribution < -0.4 is 5.32 Å². The van der Waals surface area contributed by atoms with Crippen LogP contribution in [0.15, 0.2) is 24.3 Å². The van der Waals surface area contributed by atoms with Crippen LogP contribution in [0.4, 0.5) is 0 Å². The molecule has 0 bridgehead atoms. The van der Waals surface area contributed by atoms with E-state index in [-0.39, 0.29) is 17.6 Å². The largest absolute Gasteiger partial charge is 0.388 e. The normalized spacial score (nSPS) is 15.4. The Hall–Kier alpha value is -0.910. The molecule has 3 unspecified atom stereocenters. The molecule has 1 aromatic carbocycles. The molecule has 0 saturated carbocycles. The Bertz CT molecular complexity index is 464. The summed E-state index contributed by atoms with van der Waals surface area (Å²) in [6.45, 7) is 2.34. The predicted octanol–water partition coefficient (Wildman–Crippen LogP) is 2.04. The number of carbonyl (C=O) groups is 1. The van der Waals surface area contributed by atoms with Crippen molar-refractivity contribution in [2.24, 2.45) is 0 Å². The molecule has 0 aliphatic carbocycles. The van der Waals surface area contributed by atoms with Gasteiger partial charge in [0.15, 0.2) is 0 Å². The minimum Gasteiger partial charge on any atom is -0.388 e. The highest BCUT2D eigenvalue weighted by molar-refractivity contribution is 7.84. The van der Waals surface area contributed by atoms with Crippen molar-refractivity contribution in [3.8, 4) is 0 Å². The zero-order valence-electron chi connectivity index (χ0n) is 11.6. The van der Waals surface area contributed by atoms with Crippen LogP contribution >= 0.6 is 11.6 Å². The number of halogens is 1. The van der Waals surface area contributed by atoms with Crippen molar-refractivity contribution in [3.63, 3.8) is 0 Å². The molecule has 112 valence electrons. The molecule has 0 spiro atoms. The van der Waals surface area contributed by atoms with Crippen molar-refractivity contribution in [1.29, 1.82) is 0 Å². The van der Waals surface area contributed by atoms with Crippen LogP contribution in [0.3, 0.4) is 0 Å². The SMILES string of the molecule is CC(CCNC(=O)CC(O)c1ccc(Cl)cc1)S(C)=O. The average Bonchev–Trinajstić information content (AvgIpc) is 2.39. The number of benzene rings is 1. The summed E-state index contributed by atoms with van der Waals surface area (Å²) in [5.41, 5.74) is 0.660. The highest BCUT2D eigenvalue weighted by Crippen LogP contribution is 2.18. The number of aliphatic hydroxyl groups excluding tert-OH is 1. The zero-order chi connectivity index (χ0) is 15.1. The van der Waals surface area contributed by atoms with Gasteiger partial charge in [-0.2, -0.15) is 0 Å². The summed E-state index contributed by atoms with van der Waals surface area (Å²) < 4.78 is 11.2. The van der Waals surface area contributed by atoms with Crippen LogP contribution in [0.2, 0.25) is 5.02 Å². The minimum absolute atomic E-state index is 0.00519. The minimum atomic E-state index is -0.881. The Kier molecular flexibility index (Phi) is 7.19. The fourth-order valence-electron chi connectivity index (χ4n) is 1.63. The monoisotopic (exact) mass is 317 g/mol. The molecule has 2 N–H and O–H groups in total. The van der Waals surface area contributed by atoms with Gasteiger partial charge in [-0.05, 0) is 24.1 Å². The van der Waals surface area contributed by atoms with E-state index >= 15 is 0 Å². The number of nitrogens with one attached hydrogen (secondary N) is 1. The standard InChI is InChI=1S/C14H20ClNO3S/c1-10(20(2)19)7-8-16-14(18)9-13(17)11-3-5-12(15)6-4-11/h3-6,10,13,17H,7-9H2,1-2H3,(H,16,18). The Balaban J connectivity index is 2.35. The molecule has 0 heterocycles. The van der Waals surface area contributed by atoms with E-state index in [0.717, 1.165) is 0 Å². The van der Waals surface area contributed by atoms with Gasteiger partial charge in [-0.15, -0.1) is 0 Å². The summed E-state index contributed by atoms with van der Waals surface area (Å²) in [5.74, 6) is -0.221. The van der Waals surface area contributed by atoms with E-state index in [1.807, 2.05) is 6.92 Å². The molecule has 1 aromatic rings. The van der Waals surface area contributed by atoms with E-state index in [0.29, 0.717) is 23.6 Å². The number of amides is 1. The van der Waals surface area contributed by atoms with E-state index in [4.69, 9.17) is 11.6 Å². The number of aliphatic hydroxyl groups is 1. The van der Waals surface area contributed by atoms with Crippen molar-refractivity contribution >= 4 is 28.3 Å². The fraction of sp³-hybridized carbons (Fsp3) is 0.500. The maximum Gasteiger partial charge on any atom is 0.222 e. The van der Waals surface area contributed by atoms with Crippen molar-refractivity contribution in [3.05, 3.63) is 34.9 Å². The van der Waals surface area contributed by atoms with Crippen LogP contribution in [0.25, 0.3) is 0 Å². The highest BCUT2D eigenvalue weighted by Gasteiger charge is 2.13. The van der Waals surface area contributed by atoms with E-state index in [9.17, 15) is 14.1 Å². The smallest absolute Gasteiger partial charge is 0.222 e. The van der Waals surface area contributed by atoms with Gasteiger partial charge >= 0.3 is 0 Å². The zero-order valence-corrected chi connectivity index (χ0v) is 13.2. The van der Waals surface area contributed by atoms with E-state index in [1.165, 1.54) is 0 Å². The first-order valence-electron chi connectivity index (χ1n) is 6.42. The third-order valence-electron chi connectivity index (χ3n) is 3.07. The number of rotatable bonds is 7. The second-order valence-electron chi connectivity index (χ2n) is 4.72. The van der Waals surface area contributed by atoms with Crippen LogP contribution in [0.5, 0.6) is 0 Å². The topological polar surface area (TPSA) is 66.4 Å². The molecule has 4 nitrogen and oxygen atoms in total. The lowest BCUT2D eigenvalue weighted by Crippen LogP contribution is -2.28. The van der Waals surface area contributed by atoms with Crippen LogP contribution in [-0.2, 0) is 15.6 Å². The van der Waals surface area contributed by atoms with E-state index < -0.39 is 16.9 Å². The maximum atomic E-state index is 11.7. The van der Waals surface area contributed by atoms with Crippen LogP contribution in [0, 0.1) is 0 Å². The summed E-state index contributed by atoms with van der Waals surface area (Å²) in [7, 11) is -0.881. The quantitative estimate of drug-likeness (QED) is 0.808. The summed E-state index contributed by atoms with van der Waals surface area (Å²) in [6.07, 6.45) is 1.47. The Morgan fingerprint density at radius 3 is 2.55 bits per heavy atom. The molecular weight excluding hydrogens is 298 g/mol. The molecule has 6 heteroatoms. The maximum absolute atomic E-state index is 11.7. The molecule has 0 aliphatic rings. The molecule has 0 aliphatic heterocycles. The van der Waals surface area contributed by atoms with Crippen LogP contribution in [0.1, 0.15) is 31.4 Å². The van der Waals surface area contributed by atoms with Gasteiger partial charge in [-0.1, -0.05) is 30.7 Å². The number of hydrogen-bond acceptors (Lipinski definition) is 3. The first-order chi connectivity index (χ1) is 9.40. The van der Waals surface area contributed by atoms with Crippen molar-refractivity contribution in [1.82, 2.24) is 5.32 Å². The average molecular weight is 318 g/mol. The van der Waals surface area contributed by atoms with Crippen molar-refractivity contribution in [2.75, 3.05) is 12.8 Å². The van der Waals surface area contributed by atoms with Crippen molar-refractivity contribution < 1.29 is 14.1 Å². The molecule has 0 aromatic heterocycles. The summed E-state index contributed by atoms with van der Waals surface area (Å²) in [6, 6.07) is 6.75. The summed E-state index contributed by atoms with van der Waals surface area (Å²) in [4.78, 5) is 11.7. The van der Waals surface area contributed by atoms with Gasteiger partial charge in [0.05, 0.1) is 12.5 Å². The van der Waals surface area contributed by atoms with Gasteiger partial charge in [-0.3, -0.25) is 9.00 Å². The number of hydrogen-bond donors (Lipinski definition) is 2. The van der Waals surface area contributed by atoms with Gasteiger partial charge in [0.2, 0.25) is 5.91 Å². The third kappa shape index (κ3) is 6.03. The molecule has 0 fully saturated rings. The first-order valence-corrected chi connectivity index (χ1v) is 8.42. The lowest BCUT2D eigenvalue weighted by molar-refractivity contribution is -0.123. The Morgan fingerprint density at radius 2 is 2.00 bits per heavy atom. The van der Waals surface area contributed by atoms with Gasteiger partial charge in [0.25, 0.3) is 0 Å². The molecule has 1 amide bonds. The lowest BCUT2D eigenvalue weighted by Gasteiger charge is -2.12. The van der Waals surface area contributed by atoms with Gasteiger partial charge in [-0.25, -0.2) is 0 Å². The molecule has 3 atom stereocenters. The van der Waals surface area contributed by atoms with Gasteiger partial charge in [0.1, 0.15) is 0 Å². The third-order valence-corrected chi connectivity index (χ3v) is 4.69. The highest BCUT2D eigenvalue weighted by atomic mass is 35.5. The Labute approximate surface area is 127 Å². The van der Waals surface area contributed by atoms with Crippen molar-refractivity contribution in [2.45, 2.75) is 31.1 Å². The number of carbonyl (C=O) groups excluding carboxylic acids is 1. The lowest BCUT2D eigenvalue weighted by atomic mass is 10.1. The van der Waals surface area contributed by atoms with Gasteiger partial charge in [0, 0.05) is 33.9 Å². The second kappa shape index (κ2) is 8.39. The summed E-state index contributed by atoms with van der Waals surface area (Å²) >= 11 is 5.76. The van der Waals surface area contributed by atoms with E-state index in [2.05, 4.69) is 5.32 Å². The predicted molar refractivity (Wildman–Crippen MR) is 82.2 cm³/mol. The van der Waals surface area contributed by atoms with Crippen LogP contribution in [-0.4, -0.2) is 33.3 Å².